The Balaban J connectivity index is 0.00000121. The van der Waals surface area contributed by atoms with Crippen LogP contribution in [-0.2, 0) is 0 Å². The van der Waals surface area contributed by atoms with E-state index in [2.05, 4.69) is 29.7 Å². The minimum atomic E-state index is 0. The van der Waals surface area contributed by atoms with Gasteiger partial charge in [0.25, 0.3) is 0 Å². The van der Waals surface area contributed by atoms with Crippen molar-refractivity contribution in [1.29, 1.82) is 0 Å². The molecule has 1 heterocycles. The van der Waals surface area contributed by atoms with Crippen LogP contribution in [-0.4, -0.2) is 42.0 Å². The second-order valence-corrected chi connectivity index (χ2v) is 2.89. The molecule has 1 rings (SSSR count). The Bertz CT molecular complexity index is 133. The van der Waals surface area contributed by atoms with Crippen molar-refractivity contribution in [2.45, 2.75) is 12.8 Å². The molecule has 0 aromatic heterocycles. The molecule has 0 bridgehead atoms. The Labute approximate surface area is 99.4 Å². The van der Waals surface area contributed by atoms with E-state index in [-0.39, 0.29) is 31.1 Å². The minimum absolute atomic E-state index is 0. The van der Waals surface area contributed by atoms with Crippen LogP contribution >= 0.6 is 0 Å². The van der Waals surface area contributed by atoms with Gasteiger partial charge in [0, 0.05) is 0 Å². The van der Waals surface area contributed by atoms with E-state index < -0.39 is 0 Å². The number of hydrogen-bond acceptors (Lipinski definition) is 0. The molecule has 0 saturated carbocycles. The van der Waals surface area contributed by atoms with E-state index >= 15 is 0 Å². The molecule has 0 N–H and O–H groups in total. The Morgan fingerprint density at radius 1 is 1.17 bits per heavy atom. The summed E-state index contributed by atoms with van der Waals surface area (Å²) < 4.78 is 2.34. The third-order valence-corrected chi connectivity index (χ3v) is 2.04. The molecular weight excluding hydrogens is 374 g/mol. The molecule has 0 atom stereocenters. The van der Waals surface area contributed by atoms with Crippen LogP contribution in [0.1, 0.15) is 12.8 Å². The van der Waals surface area contributed by atoms with E-state index in [1.165, 1.54) is 25.9 Å². The van der Waals surface area contributed by atoms with E-state index in [1.807, 2.05) is 0 Å². The van der Waals surface area contributed by atoms with Gasteiger partial charge in [-0.05, 0) is 25.9 Å². The molecule has 1 aliphatic heterocycles. The average Bonchev–Trinajstić information content (AvgIpc) is 2.52. The Hall–Kier alpha value is 0.522. The predicted octanol–water partition coefficient (Wildman–Crippen LogP) is 0.791. The van der Waals surface area contributed by atoms with Crippen LogP contribution < -0.4 is 0 Å². The van der Waals surface area contributed by atoms with Crippen molar-refractivity contribution < 1.29 is 35.7 Å². The third-order valence-electron chi connectivity index (χ3n) is 2.04. The van der Waals surface area contributed by atoms with Gasteiger partial charge in [0.1, 0.15) is 0 Å². The first kappa shape index (κ1) is 12.5. The standard InChI is InChI=1S/C9H17N2.U/c1-3-10(4-2)9-11-7-5-6-8-11;/h9H,1-8H2;/q-1;+2. The SMILES string of the molecule is [CH2-]CN(C=[N+]1CCCC1)C[CH2-].[U+2]. The summed E-state index contributed by atoms with van der Waals surface area (Å²) in [4.78, 5) is 2.13. The van der Waals surface area contributed by atoms with E-state index in [1.54, 1.807) is 0 Å². The van der Waals surface area contributed by atoms with Crippen molar-refractivity contribution in [1.82, 2.24) is 4.90 Å². The van der Waals surface area contributed by atoms with Crippen LogP contribution in [0.15, 0.2) is 0 Å². The van der Waals surface area contributed by atoms with Crippen LogP contribution in [0.25, 0.3) is 0 Å². The molecule has 0 radical (unpaired) electrons. The zero-order valence-electron chi connectivity index (χ0n) is 7.63. The van der Waals surface area contributed by atoms with Gasteiger partial charge in [-0.3, -0.25) is 4.58 Å². The van der Waals surface area contributed by atoms with Crippen LogP contribution in [0.2, 0.25) is 0 Å². The van der Waals surface area contributed by atoms with Crippen molar-refractivity contribution in [2.24, 2.45) is 0 Å². The van der Waals surface area contributed by atoms with Crippen molar-refractivity contribution in [3.05, 3.63) is 13.8 Å². The molecule has 0 amide bonds. The van der Waals surface area contributed by atoms with E-state index in [9.17, 15) is 0 Å². The largest absolute Gasteiger partial charge is 2.00 e. The van der Waals surface area contributed by atoms with Gasteiger partial charge in [-0.1, -0.05) is 0 Å². The summed E-state index contributed by atoms with van der Waals surface area (Å²) in [6.07, 6.45) is 4.82. The third kappa shape index (κ3) is 3.96. The number of hydrogen-bond donors (Lipinski definition) is 0. The molecule has 0 unspecified atom stereocenters. The monoisotopic (exact) mass is 391 g/mol. The summed E-state index contributed by atoms with van der Waals surface area (Å²) in [5.41, 5.74) is 0. The summed E-state index contributed by atoms with van der Waals surface area (Å²) in [6.45, 7) is 11.7. The van der Waals surface area contributed by atoms with Crippen LogP contribution in [0.3, 0.4) is 0 Å². The maximum absolute atomic E-state index is 3.83. The summed E-state index contributed by atoms with van der Waals surface area (Å²) >= 11 is 0. The van der Waals surface area contributed by atoms with Crippen molar-refractivity contribution in [2.75, 3.05) is 26.2 Å². The van der Waals surface area contributed by atoms with Crippen molar-refractivity contribution in [3.63, 3.8) is 0 Å². The Morgan fingerprint density at radius 2 is 1.67 bits per heavy atom. The fraction of sp³-hybridized carbons (Fsp3) is 0.667. The zero-order chi connectivity index (χ0) is 8.10. The first-order chi connectivity index (χ1) is 5.36. The number of rotatable bonds is 3. The first-order valence-electron chi connectivity index (χ1n) is 4.28. The quantitative estimate of drug-likeness (QED) is 0.392. The average molecular weight is 391 g/mol. The molecule has 0 aliphatic carbocycles. The molecule has 66 valence electrons. The molecular formula is C9H17N2U+. The number of nitrogens with zero attached hydrogens (tertiary/aromatic N) is 2. The maximum Gasteiger partial charge on any atom is 2.00 e. The summed E-state index contributed by atoms with van der Waals surface area (Å²) in [5.74, 6) is 0. The van der Waals surface area contributed by atoms with Gasteiger partial charge in [-0.25, -0.2) is 0 Å². The van der Waals surface area contributed by atoms with E-state index in [0.29, 0.717) is 0 Å². The fourth-order valence-electron chi connectivity index (χ4n) is 1.32. The molecule has 2 nitrogen and oxygen atoms in total. The molecule has 0 aromatic carbocycles. The van der Waals surface area contributed by atoms with Crippen LogP contribution in [0.5, 0.6) is 0 Å². The molecule has 1 aliphatic rings. The van der Waals surface area contributed by atoms with Crippen molar-refractivity contribution in [3.8, 4) is 0 Å². The van der Waals surface area contributed by atoms with Gasteiger partial charge in [0.05, 0.1) is 13.1 Å². The second-order valence-electron chi connectivity index (χ2n) is 2.89. The van der Waals surface area contributed by atoms with Crippen LogP contribution in [0.4, 0.5) is 0 Å². The van der Waals surface area contributed by atoms with Gasteiger partial charge >= 0.3 is 31.1 Å². The maximum atomic E-state index is 3.83. The van der Waals surface area contributed by atoms with E-state index in [4.69, 9.17) is 0 Å². The van der Waals surface area contributed by atoms with Gasteiger partial charge < -0.3 is 18.7 Å². The smallest absolute Gasteiger partial charge is 0.327 e. The van der Waals surface area contributed by atoms with Gasteiger partial charge in [0.2, 0.25) is 6.34 Å². The molecule has 0 aromatic rings. The first-order valence-corrected chi connectivity index (χ1v) is 4.28. The molecule has 1 saturated heterocycles. The zero-order valence-corrected chi connectivity index (χ0v) is 11.8. The second kappa shape index (κ2) is 6.98. The summed E-state index contributed by atoms with van der Waals surface area (Å²) in [5, 5.41) is 0. The minimum Gasteiger partial charge on any atom is -0.327 e. The van der Waals surface area contributed by atoms with Gasteiger partial charge in [-0.2, -0.15) is 0 Å². The molecule has 0 spiro atoms. The van der Waals surface area contributed by atoms with Gasteiger partial charge in [0.15, 0.2) is 0 Å². The summed E-state index contributed by atoms with van der Waals surface area (Å²) in [6, 6.07) is 0. The summed E-state index contributed by atoms with van der Waals surface area (Å²) in [7, 11) is 0. The normalized spacial score (nSPS) is 15.7. The van der Waals surface area contributed by atoms with Crippen LogP contribution in [0, 0.1) is 45.0 Å². The Kier molecular flexibility index (Phi) is 7.28. The fourth-order valence-corrected chi connectivity index (χ4v) is 1.32. The molecule has 3 heteroatoms. The van der Waals surface area contributed by atoms with Gasteiger partial charge in [-0.15, -0.1) is 0 Å². The molecule has 12 heavy (non-hydrogen) atoms. The Morgan fingerprint density at radius 3 is 2.08 bits per heavy atom. The predicted molar refractivity (Wildman–Crippen MR) is 47.6 cm³/mol. The molecule has 1 fully saturated rings. The van der Waals surface area contributed by atoms with Crippen molar-refractivity contribution >= 4 is 6.34 Å². The van der Waals surface area contributed by atoms with E-state index in [0.717, 1.165) is 13.1 Å². The topological polar surface area (TPSA) is 6.25 Å².